The zero-order chi connectivity index (χ0) is 22.4. The van der Waals surface area contributed by atoms with E-state index in [9.17, 15) is 24.5 Å². The lowest BCUT2D eigenvalue weighted by atomic mass is 9.75. The molecule has 3 saturated heterocycles. The molecular formula is C22H17ClN4O5. The largest absolute Gasteiger partial charge is 0.323 e. The van der Waals surface area contributed by atoms with E-state index in [1.165, 1.54) is 24.3 Å². The Hall–Kier alpha value is -3.30. The third-order valence-electron chi connectivity index (χ3n) is 7.30. The highest BCUT2D eigenvalue weighted by atomic mass is 35.5. The molecule has 0 unspecified atom stereocenters. The molecule has 162 valence electrons. The lowest BCUT2D eigenvalue weighted by Crippen LogP contribution is -2.54. The predicted octanol–water partition coefficient (Wildman–Crippen LogP) is 2.68. The van der Waals surface area contributed by atoms with Gasteiger partial charge >= 0.3 is 0 Å². The van der Waals surface area contributed by atoms with Crippen LogP contribution in [0.15, 0.2) is 42.5 Å². The first-order valence-corrected chi connectivity index (χ1v) is 10.7. The highest BCUT2D eigenvalue weighted by Crippen LogP contribution is 2.61. The summed E-state index contributed by atoms with van der Waals surface area (Å²) in [6.07, 6.45) is 1.52. The SMILES string of the molecule is O=C1[C@@H]2[C@@H]3CCCN3[C@@]3(C(=O)Nc4c(Cl)cccc43)[C@H]2C(=O)N1c1ccc([N+](=O)[O-])cc1. The summed E-state index contributed by atoms with van der Waals surface area (Å²) in [4.78, 5) is 54.5. The summed E-state index contributed by atoms with van der Waals surface area (Å²) < 4.78 is 0. The number of non-ortho nitro benzene ring substituents is 1. The predicted molar refractivity (Wildman–Crippen MR) is 114 cm³/mol. The van der Waals surface area contributed by atoms with Crippen LogP contribution in [0.25, 0.3) is 0 Å². The third-order valence-corrected chi connectivity index (χ3v) is 7.61. The number of nitro groups is 1. The van der Waals surface area contributed by atoms with Crippen molar-refractivity contribution in [3.63, 3.8) is 0 Å². The van der Waals surface area contributed by atoms with E-state index in [1.807, 2.05) is 4.90 Å². The molecule has 0 radical (unpaired) electrons. The van der Waals surface area contributed by atoms with E-state index in [1.54, 1.807) is 18.2 Å². The van der Waals surface area contributed by atoms with Crippen molar-refractivity contribution in [1.82, 2.24) is 4.90 Å². The first kappa shape index (κ1) is 19.4. The topological polar surface area (TPSA) is 113 Å². The second-order valence-corrected chi connectivity index (χ2v) is 8.98. The number of nitro benzene ring substituents is 1. The molecule has 4 atom stereocenters. The van der Waals surface area contributed by atoms with Crippen molar-refractivity contribution in [3.05, 3.63) is 63.2 Å². The maximum Gasteiger partial charge on any atom is 0.269 e. The van der Waals surface area contributed by atoms with Gasteiger partial charge in [0.2, 0.25) is 11.8 Å². The number of para-hydroxylation sites is 1. The minimum absolute atomic E-state index is 0.134. The third kappa shape index (κ3) is 2.14. The molecule has 4 aliphatic heterocycles. The maximum atomic E-state index is 13.8. The van der Waals surface area contributed by atoms with E-state index in [0.717, 1.165) is 11.3 Å². The number of carbonyl (C=O) groups is 3. The van der Waals surface area contributed by atoms with Gasteiger partial charge in [0.1, 0.15) is 5.54 Å². The van der Waals surface area contributed by atoms with Gasteiger partial charge in [-0.2, -0.15) is 0 Å². The van der Waals surface area contributed by atoms with Crippen molar-refractivity contribution in [2.24, 2.45) is 11.8 Å². The molecular weight excluding hydrogens is 436 g/mol. The quantitative estimate of drug-likeness (QED) is 0.426. The van der Waals surface area contributed by atoms with Crippen LogP contribution >= 0.6 is 11.6 Å². The number of fused-ring (bicyclic) bond motifs is 7. The number of halogens is 1. The lowest BCUT2D eigenvalue weighted by Gasteiger charge is -2.36. The van der Waals surface area contributed by atoms with Crippen LogP contribution in [0.2, 0.25) is 5.02 Å². The lowest BCUT2D eigenvalue weighted by molar-refractivity contribution is -0.384. The summed E-state index contributed by atoms with van der Waals surface area (Å²) >= 11 is 6.36. The average molecular weight is 453 g/mol. The van der Waals surface area contributed by atoms with E-state index in [4.69, 9.17) is 11.6 Å². The molecule has 10 heteroatoms. The van der Waals surface area contributed by atoms with Crippen LogP contribution in [0.5, 0.6) is 0 Å². The number of rotatable bonds is 2. The normalized spacial score (nSPS) is 30.6. The number of nitrogens with zero attached hydrogens (tertiary/aromatic N) is 3. The molecule has 0 saturated carbocycles. The smallest absolute Gasteiger partial charge is 0.269 e. The van der Waals surface area contributed by atoms with Crippen molar-refractivity contribution in [2.75, 3.05) is 16.8 Å². The monoisotopic (exact) mass is 452 g/mol. The molecule has 32 heavy (non-hydrogen) atoms. The molecule has 9 nitrogen and oxygen atoms in total. The Bertz CT molecular complexity index is 1230. The van der Waals surface area contributed by atoms with E-state index in [-0.39, 0.29) is 29.2 Å². The van der Waals surface area contributed by atoms with Crippen LogP contribution in [0.3, 0.4) is 0 Å². The number of imide groups is 1. The molecule has 3 amide bonds. The van der Waals surface area contributed by atoms with Crippen LogP contribution < -0.4 is 10.2 Å². The number of hydrogen-bond donors (Lipinski definition) is 1. The molecule has 1 N–H and O–H groups in total. The fraction of sp³-hybridized carbons (Fsp3) is 0.318. The summed E-state index contributed by atoms with van der Waals surface area (Å²) in [5.74, 6) is -2.74. The summed E-state index contributed by atoms with van der Waals surface area (Å²) in [7, 11) is 0. The van der Waals surface area contributed by atoms with Gasteiger partial charge in [-0.25, -0.2) is 4.90 Å². The van der Waals surface area contributed by atoms with Crippen LogP contribution in [0, 0.1) is 22.0 Å². The average Bonchev–Trinajstić information content (AvgIpc) is 3.47. The number of anilines is 2. The fourth-order valence-corrected chi connectivity index (χ4v) is 6.39. The molecule has 2 aromatic carbocycles. The maximum absolute atomic E-state index is 13.8. The summed E-state index contributed by atoms with van der Waals surface area (Å²) in [5, 5.41) is 14.2. The van der Waals surface area contributed by atoms with Gasteiger partial charge in [0.25, 0.3) is 11.6 Å². The van der Waals surface area contributed by atoms with E-state index in [2.05, 4.69) is 5.32 Å². The summed E-state index contributed by atoms with van der Waals surface area (Å²) in [6, 6.07) is 10.3. The van der Waals surface area contributed by atoms with Crippen LogP contribution in [0.4, 0.5) is 17.1 Å². The second-order valence-electron chi connectivity index (χ2n) is 8.57. The van der Waals surface area contributed by atoms with E-state index >= 15 is 0 Å². The second kappa shape index (κ2) is 6.36. The van der Waals surface area contributed by atoms with Gasteiger partial charge in [-0.1, -0.05) is 23.7 Å². The molecule has 4 heterocycles. The van der Waals surface area contributed by atoms with Gasteiger partial charge in [-0.05, 0) is 37.6 Å². The number of amides is 3. The van der Waals surface area contributed by atoms with Crippen molar-refractivity contribution in [2.45, 2.75) is 24.4 Å². The first-order valence-electron chi connectivity index (χ1n) is 10.4. The van der Waals surface area contributed by atoms with E-state index < -0.39 is 28.2 Å². The Balaban J connectivity index is 1.52. The van der Waals surface area contributed by atoms with Crippen molar-refractivity contribution in [1.29, 1.82) is 0 Å². The van der Waals surface area contributed by atoms with Crippen molar-refractivity contribution < 1.29 is 19.3 Å². The minimum atomic E-state index is -1.30. The van der Waals surface area contributed by atoms with Gasteiger partial charge < -0.3 is 5.32 Å². The Morgan fingerprint density at radius 1 is 1.09 bits per heavy atom. The van der Waals surface area contributed by atoms with Gasteiger partial charge in [0.15, 0.2) is 0 Å². The fourth-order valence-electron chi connectivity index (χ4n) is 6.17. The number of hydrogen-bond acceptors (Lipinski definition) is 6. The summed E-state index contributed by atoms with van der Waals surface area (Å²) in [5.41, 5.74) is -0.0517. The standard InChI is InChI=1S/C22H17ClN4O5/c23-14-4-1-3-13-18(14)24-21(30)22(13)17-16(15-5-2-10-25(15)22)19(28)26(20(17)29)11-6-8-12(9-7-11)27(31)32/h1,3-4,6-9,15-17H,2,5,10H2,(H,24,30)/t15-,16+,17+,22+/m0/s1. The molecule has 0 aromatic heterocycles. The van der Waals surface area contributed by atoms with Crippen LogP contribution in [-0.4, -0.2) is 40.1 Å². The molecule has 1 spiro atoms. The summed E-state index contributed by atoms with van der Waals surface area (Å²) in [6.45, 7) is 0.606. The zero-order valence-electron chi connectivity index (χ0n) is 16.7. The molecule has 0 bridgehead atoms. The van der Waals surface area contributed by atoms with Gasteiger partial charge in [-0.15, -0.1) is 0 Å². The Morgan fingerprint density at radius 3 is 2.56 bits per heavy atom. The van der Waals surface area contributed by atoms with Gasteiger partial charge in [0.05, 0.1) is 33.2 Å². The highest BCUT2D eigenvalue weighted by molar-refractivity contribution is 6.35. The van der Waals surface area contributed by atoms with Gasteiger partial charge in [-0.3, -0.25) is 29.4 Å². The van der Waals surface area contributed by atoms with Gasteiger partial charge in [0, 0.05) is 23.7 Å². The highest BCUT2D eigenvalue weighted by Gasteiger charge is 2.74. The number of nitrogens with one attached hydrogen (secondary N) is 1. The number of carbonyl (C=O) groups excluding carboxylic acids is 3. The number of benzene rings is 2. The zero-order valence-corrected chi connectivity index (χ0v) is 17.4. The van der Waals surface area contributed by atoms with E-state index in [0.29, 0.717) is 29.2 Å². The Kier molecular flexibility index (Phi) is 3.86. The Labute approximate surface area is 187 Å². The minimum Gasteiger partial charge on any atom is -0.323 e. The van der Waals surface area contributed by atoms with Crippen LogP contribution in [0.1, 0.15) is 18.4 Å². The molecule has 3 fully saturated rings. The van der Waals surface area contributed by atoms with Crippen molar-refractivity contribution >= 4 is 46.4 Å². The Morgan fingerprint density at radius 2 is 1.84 bits per heavy atom. The molecule has 2 aromatic rings. The molecule has 6 rings (SSSR count). The molecule has 4 aliphatic rings. The first-order chi connectivity index (χ1) is 15.4. The van der Waals surface area contributed by atoms with Crippen molar-refractivity contribution in [3.8, 4) is 0 Å². The molecule has 0 aliphatic carbocycles. The van der Waals surface area contributed by atoms with Crippen LogP contribution in [-0.2, 0) is 19.9 Å².